The van der Waals surface area contributed by atoms with Gasteiger partial charge in [-0.1, -0.05) is 44.2 Å². The normalized spacial score (nSPS) is 10.3. The Labute approximate surface area is 138 Å². The summed E-state index contributed by atoms with van der Waals surface area (Å²) in [6.07, 6.45) is 2.20. The molecule has 0 unspecified atom stereocenters. The quantitative estimate of drug-likeness (QED) is 0.630. The summed E-state index contributed by atoms with van der Waals surface area (Å²) in [5.41, 5.74) is 1.59. The van der Waals surface area contributed by atoms with Gasteiger partial charge in [0.1, 0.15) is 11.5 Å². The first kappa shape index (κ1) is 17.1. The van der Waals surface area contributed by atoms with Crippen LogP contribution in [0.1, 0.15) is 42.6 Å². The first-order chi connectivity index (χ1) is 11.2. The molecule has 122 valence electrons. The highest BCUT2D eigenvalue weighted by atomic mass is 16.5. The van der Waals surface area contributed by atoms with Gasteiger partial charge in [-0.2, -0.15) is 0 Å². The minimum Gasteiger partial charge on any atom is -0.494 e. The van der Waals surface area contributed by atoms with Gasteiger partial charge in [0.05, 0.1) is 18.8 Å². The average molecular weight is 312 g/mol. The molecule has 0 heterocycles. The Morgan fingerprint density at radius 1 is 0.913 bits per heavy atom. The number of ketones is 1. The van der Waals surface area contributed by atoms with Crippen LogP contribution in [0, 0.1) is 0 Å². The number of ether oxygens (including phenoxy) is 2. The van der Waals surface area contributed by atoms with E-state index >= 15 is 0 Å². The average Bonchev–Trinajstić information content (AvgIpc) is 2.59. The van der Waals surface area contributed by atoms with Gasteiger partial charge in [-0.15, -0.1) is 0 Å². The molecule has 0 saturated heterocycles. The van der Waals surface area contributed by atoms with E-state index in [0.29, 0.717) is 36.7 Å². The van der Waals surface area contributed by atoms with Gasteiger partial charge in [0.2, 0.25) is 0 Å². The van der Waals surface area contributed by atoms with E-state index in [9.17, 15) is 4.79 Å². The molecule has 23 heavy (non-hydrogen) atoms. The zero-order valence-electron chi connectivity index (χ0n) is 13.9. The maximum atomic E-state index is 12.7. The highest BCUT2D eigenvalue weighted by Gasteiger charge is 2.15. The molecule has 3 heteroatoms. The van der Waals surface area contributed by atoms with Crippen LogP contribution in [0.5, 0.6) is 11.5 Å². The summed E-state index contributed by atoms with van der Waals surface area (Å²) in [5, 5.41) is 0. The molecule has 0 aliphatic heterocycles. The lowest BCUT2D eigenvalue weighted by Gasteiger charge is -2.13. The summed E-state index contributed by atoms with van der Waals surface area (Å²) in [5.74, 6) is 1.40. The topological polar surface area (TPSA) is 35.5 Å². The number of benzene rings is 2. The first-order valence-corrected chi connectivity index (χ1v) is 8.21. The third-order valence-corrected chi connectivity index (χ3v) is 3.39. The van der Waals surface area contributed by atoms with Gasteiger partial charge in [-0.3, -0.25) is 4.79 Å². The van der Waals surface area contributed by atoms with Gasteiger partial charge in [0.15, 0.2) is 5.78 Å². The van der Waals surface area contributed by atoms with Crippen LogP contribution >= 0.6 is 0 Å². The van der Waals surface area contributed by atoms with Gasteiger partial charge in [-0.25, -0.2) is 0 Å². The number of hydrogen-bond acceptors (Lipinski definition) is 3. The van der Waals surface area contributed by atoms with Crippen molar-refractivity contribution in [2.45, 2.75) is 33.1 Å². The fourth-order valence-corrected chi connectivity index (χ4v) is 2.25. The molecule has 0 radical (unpaired) electrons. The summed E-state index contributed by atoms with van der Waals surface area (Å²) in [6.45, 7) is 5.34. The standard InChI is InChI=1S/C20H24O3/c1-3-12-22-17-10-11-20(23-13-4-2)18(15-17)19(21)14-16-8-6-5-7-9-16/h5-11,15H,3-4,12-14H2,1-2H3. The SMILES string of the molecule is CCCOc1ccc(OCCC)c(C(=O)Cc2ccccc2)c1. The highest BCUT2D eigenvalue weighted by Crippen LogP contribution is 2.26. The lowest BCUT2D eigenvalue weighted by atomic mass is 10.0. The van der Waals surface area contributed by atoms with Crippen molar-refractivity contribution in [3.05, 3.63) is 59.7 Å². The van der Waals surface area contributed by atoms with Crippen molar-refractivity contribution in [2.75, 3.05) is 13.2 Å². The van der Waals surface area contributed by atoms with Crippen LogP contribution in [0.4, 0.5) is 0 Å². The zero-order chi connectivity index (χ0) is 16.5. The van der Waals surface area contributed by atoms with E-state index in [1.54, 1.807) is 6.07 Å². The molecule has 0 bridgehead atoms. The monoisotopic (exact) mass is 312 g/mol. The molecule has 0 N–H and O–H groups in total. The van der Waals surface area contributed by atoms with Crippen molar-refractivity contribution in [3.8, 4) is 11.5 Å². The molecule has 0 aromatic heterocycles. The van der Waals surface area contributed by atoms with Crippen LogP contribution in [-0.4, -0.2) is 19.0 Å². The third kappa shape index (κ3) is 5.13. The largest absolute Gasteiger partial charge is 0.494 e. The molecule has 0 aliphatic carbocycles. The third-order valence-electron chi connectivity index (χ3n) is 3.39. The van der Waals surface area contributed by atoms with Gasteiger partial charge in [0, 0.05) is 6.42 Å². The first-order valence-electron chi connectivity index (χ1n) is 8.21. The van der Waals surface area contributed by atoms with Crippen molar-refractivity contribution >= 4 is 5.78 Å². The fourth-order valence-electron chi connectivity index (χ4n) is 2.25. The number of hydrogen-bond donors (Lipinski definition) is 0. The second-order valence-electron chi connectivity index (χ2n) is 5.44. The van der Waals surface area contributed by atoms with Crippen LogP contribution in [0.2, 0.25) is 0 Å². The molecular formula is C20H24O3. The van der Waals surface area contributed by atoms with E-state index < -0.39 is 0 Å². The summed E-state index contributed by atoms with van der Waals surface area (Å²) in [7, 11) is 0. The zero-order valence-corrected chi connectivity index (χ0v) is 13.9. The van der Waals surface area contributed by atoms with E-state index in [-0.39, 0.29) is 5.78 Å². The summed E-state index contributed by atoms with van der Waals surface area (Å²) < 4.78 is 11.4. The maximum absolute atomic E-state index is 12.7. The van der Waals surface area contributed by atoms with E-state index in [1.807, 2.05) is 49.4 Å². The van der Waals surface area contributed by atoms with Crippen molar-refractivity contribution in [1.82, 2.24) is 0 Å². The molecule has 0 saturated carbocycles. The van der Waals surface area contributed by atoms with Crippen molar-refractivity contribution < 1.29 is 14.3 Å². The molecule has 0 spiro atoms. The smallest absolute Gasteiger partial charge is 0.171 e. The van der Waals surface area contributed by atoms with Gasteiger partial charge in [0.25, 0.3) is 0 Å². The molecule has 0 amide bonds. The lowest BCUT2D eigenvalue weighted by Crippen LogP contribution is -2.08. The summed E-state index contributed by atoms with van der Waals surface area (Å²) in [4.78, 5) is 12.7. The Balaban J connectivity index is 2.22. The Kier molecular flexibility index (Phi) is 6.67. The second-order valence-corrected chi connectivity index (χ2v) is 5.44. The minimum absolute atomic E-state index is 0.0456. The molecule has 0 aliphatic rings. The van der Waals surface area contributed by atoms with Crippen LogP contribution in [-0.2, 0) is 6.42 Å². The van der Waals surface area contributed by atoms with Crippen LogP contribution < -0.4 is 9.47 Å². The molecular weight excluding hydrogens is 288 g/mol. The van der Waals surface area contributed by atoms with Gasteiger partial charge in [-0.05, 0) is 36.6 Å². The molecule has 0 atom stereocenters. The second kappa shape index (κ2) is 8.99. The number of rotatable bonds is 9. The van der Waals surface area contributed by atoms with Crippen LogP contribution in [0.15, 0.2) is 48.5 Å². The van der Waals surface area contributed by atoms with Crippen LogP contribution in [0.3, 0.4) is 0 Å². The van der Waals surface area contributed by atoms with E-state index in [4.69, 9.17) is 9.47 Å². The van der Waals surface area contributed by atoms with E-state index in [0.717, 1.165) is 18.4 Å². The van der Waals surface area contributed by atoms with E-state index in [2.05, 4.69) is 6.92 Å². The highest BCUT2D eigenvalue weighted by molar-refractivity contribution is 6.00. The Hall–Kier alpha value is -2.29. The number of carbonyl (C=O) groups excluding carboxylic acids is 1. The lowest BCUT2D eigenvalue weighted by molar-refractivity contribution is 0.0988. The maximum Gasteiger partial charge on any atom is 0.171 e. The molecule has 0 fully saturated rings. The fraction of sp³-hybridized carbons (Fsp3) is 0.350. The Morgan fingerprint density at radius 3 is 2.30 bits per heavy atom. The molecule has 2 rings (SSSR count). The van der Waals surface area contributed by atoms with E-state index in [1.165, 1.54) is 0 Å². The Morgan fingerprint density at radius 2 is 1.61 bits per heavy atom. The van der Waals surface area contributed by atoms with Crippen molar-refractivity contribution in [2.24, 2.45) is 0 Å². The van der Waals surface area contributed by atoms with Crippen LogP contribution in [0.25, 0.3) is 0 Å². The predicted octanol–water partition coefficient (Wildman–Crippen LogP) is 4.69. The number of carbonyl (C=O) groups is 1. The summed E-state index contributed by atoms with van der Waals surface area (Å²) in [6, 6.07) is 15.2. The van der Waals surface area contributed by atoms with Gasteiger partial charge < -0.3 is 9.47 Å². The minimum atomic E-state index is 0.0456. The summed E-state index contributed by atoms with van der Waals surface area (Å²) >= 11 is 0. The molecule has 2 aromatic carbocycles. The predicted molar refractivity (Wildman–Crippen MR) is 92.5 cm³/mol. The van der Waals surface area contributed by atoms with Crippen molar-refractivity contribution in [1.29, 1.82) is 0 Å². The van der Waals surface area contributed by atoms with Crippen molar-refractivity contribution in [3.63, 3.8) is 0 Å². The molecule has 3 nitrogen and oxygen atoms in total. The molecule has 2 aromatic rings. The van der Waals surface area contributed by atoms with Gasteiger partial charge >= 0.3 is 0 Å². The number of Topliss-reactive ketones (excluding diaryl/α,β-unsaturated/α-hetero) is 1. The Bertz CT molecular complexity index is 620.